The van der Waals surface area contributed by atoms with Gasteiger partial charge < -0.3 is 4.74 Å². The molecule has 0 heterocycles. The van der Waals surface area contributed by atoms with Crippen molar-refractivity contribution >= 4 is 10.8 Å². The van der Waals surface area contributed by atoms with Crippen LogP contribution in [0.5, 0.6) is 5.75 Å². The predicted octanol–water partition coefficient (Wildman–Crippen LogP) is 4.93. The lowest BCUT2D eigenvalue weighted by Gasteiger charge is -2.18. The van der Waals surface area contributed by atoms with Gasteiger partial charge in [0.05, 0.1) is 6.61 Å². The van der Waals surface area contributed by atoms with Crippen molar-refractivity contribution in [3.63, 3.8) is 0 Å². The van der Waals surface area contributed by atoms with Crippen molar-refractivity contribution in [2.75, 3.05) is 6.61 Å². The Morgan fingerprint density at radius 3 is 2.42 bits per heavy atom. The first-order valence-electron chi connectivity index (χ1n) is 6.37. The average Bonchev–Trinajstić information content (AvgIpc) is 2.30. The molecule has 0 bridgehead atoms. The third kappa shape index (κ3) is 3.43. The van der Waals surface area contributed by atoms with Gasteiger partial charge in [0, 0.05) is 5.39 Å². The van der Waals surface area contributed by atoms with E-state index in [2.05, 4.69) is 20.8 Å². The van der Waals surface area contributed by atoms with E-state index in [-0.39, 0.29) is 5.41 Å². The van der Waals surface area contributed by atoms with Gasteiger partial charge in [-0.2, -0.15) is 0 Å². The van der Waals surface area contributed by atoms with Crippen LogP contribution in [-0.4, -0.2) is 6.61 Å². The van der Waals surface area contributed by atoms with Gasteiger partial charge in [-0.3, -0.25) is 0 Å². The van der Waals surface area contributed by atoms with Crippen LogP contribution in [-0.2, 0) is 0 Å². The van der Waals surface area contributed by atoms with Gasteiger partial charge in [0.2, 0.25) is 0 Å². The lowest BCUT2D eigenvalue weighted by atomic mass is 9.93. The molecule has 102 valence electrons. The molecule has 2 rings (SSSR count). The van der Waals surface area contributed by atoms with Crippen LogP contribution in [0, 0.1) is 17.0 Å². The Hall–Kier alpha value is -1.64. The normalized spacial score (nSPS) is 11.8. The highest BCUT2D eigenvalue weighted by Crippen LogP contribution is 2.28. The van der Waals surface area contributed by atoms with Crippen molar-refractivity contribution in [3.8, 4) is 5.75 Å². The molecule has 0 radical (unpaired) electrons. The highest BCUT2D eigenvalue weighted by molar-refractivity contribution is 5.88. The molecule has 0 aromatic heterocycles. The van der Waals surface area contributed by atoms with Gasteiger partial charge in [0.25, 0.3) is 0 Å². The summed E-state index contributed by atoms with van der Waals surface area (Å²) in [7, 11) is 0. The molecule has 1 nitrogen and oxygen atoms in total. The minimum atomic E-state index is -0.848. The van der Waals surface area contributed by atoms with Gasteiger partial charge in [-0.1, -0.05) is 32.9 Å². The molecule has 0 aliphatic rings. The fourth-order valence-corrected chi connectivity index (χ4v) is 1.84. The van der Waals surface area contributed by atoms with Crippen LogP contribution < -0.4 is 4.74 Å². The maximum absolute atomic E-state index is 13.3. The van der Waals surface area contributed by atoms with E-state index in [4.69, 9.17) is 4.74 Å². The molecule has 2 aromatic rings. The highest BCUT2D eigenvalue weighted by Gasteiger charge is 2.12. The Balaban J connectivity index is 2.26. The molecule has 0 spiro atoms. The zero-order chi connectivity index (χ0) is 14.0. The number of halogens is 2. The summed E-state index contributed by atoms with van der Waals surface area (Å²) in [5.41, 5.74) is 0.182. The van der Waals surface area contributed by atoms with Gasteiger partial charge >= 0.3 is 0 Å². The second-order valence-corrected chi connectivity index (χ2v) is 5.90. The summed E-state index contributed by atoms with van der Waals surface area (Å²) < 4.78 is 32.2. The van der Waals surface area contributed by atoms with Gasteiger partial charge in [-0.05, 0) is 35.4 Å². The quantitative estimate of drug-likeness (QED) is 0.763. The summed E-state index contributed by atoms with van der Waals surface area (Å²) in [6.07, 6.45) is 0.896. The van der Waals surface area contributed by atoms with Gasteiger partial charge in [-0.15, -0.1) is 0 Å². The van der Waals surface area contributed by atoms with Crippen molar-refractivity contribution in [2.24, 2.45) is 5.41 Å². The van der Waals surface area contributed by atoms with Crippen LogP contribution in [0.1, 0.15) is 27.2 Å². The summed E-state index contributed by atoms with van der Waals surface area (Å²) in [4.78, 5) is 0. The van der Waals surface area contributed by atoms with E-state index < -0.39 is 11.6 Å². The summed E-state index contributed by atoms with van der Waals surface area (Å²) >= 11 is 0. The maximum atomic E-state index is 13.3. The molecular weight excluding hydrogens is 246 g/mol. The Bertz CT molecular complexity index is 585. The largest absolute Gasteiger partial charge is 0.493 e. The predicted molar refractivity (Wildman–Crippen MR) is 73.4 cm³/mol. The molecule has 2 aromatic carbocycles. The SMILES string of the molecule is CC(C)(C)CCOc1cccc2cc(F)c(F)cc12. The molecule has 0 saturated heterocycles. The second-order valence-electron chi connectivity index (χ2n) is 5.90. The summed E-state index contributed by atoms with van der Waals surface area (Å²) in [6, 6.07) is 7.70. The monoisotopic (exact) mass is 264 g/mol. The van der Waals surface area contributed by atoms with E-state index in [0.717, 1.165) is 6.42 Å². The van der Waals surface area contributed by atoms with E-state index in [0.29, 0.717) is 23.1 Å². The van der Waals surface area contributed by atoms with Gasteiger partial charge in [0.1, 0.15) is 5.75 Å². The van der Waals surface area contributed by atoms with Crippen LogP contribution >= 0.6 is 0 Å². The van der Waals surface area contributed by atoms with Crippen molar-refractivity contribution in [3.05, 3.63) is 42.0 Å². The number of ether oxygens (including phenoxy) is 1. The van der Waals surface area contributed by atoms with Crippen molar-refractivity contribution < 1.29 is 13.5 Å². The number of rotatable bonds is 3. The molecule has 3 heteroatoms. The molecule has 0 N–H and O–H groups in total. The van der Waals surface area contributed by atoms with Crippen molar-refractivity contribution in [2.45, 2.75) is 27.2 Å². The average molecular weight is 264 g/mol. The number of hydrogen-bond donors (Lipinski definition) is 0. The fourth-order valence-electron chi connectivity index (χ4n) is 1.84. The van der Waals surface area contributed by atoms with Crippen LogP contribution in [0.4, 0.5) is 8.78 Å². The zero-order valence-electron chi connectivity index (χ0n) is 11.5. The molecule has 0 atom stereocenters. The van der Waals surface area contributed by atoms with Gasteiger partial charge in [0.15, 0.2) is 11.6 Å². The minimum absolute atomic E-state index is 0.182. The Morgan fingerprint density at radius 1 is 1.05 bits per heavy atom. The lowest BCUT2D eigenvalue weighted by molar-refractivity contribution is 0.245. The Labute approximate surface area is 112 Å². The van der Waals surface area contributed by atoms with E-state index in [1.165, 1.54) is 12.1 Å². The molecule has 0 aliphatic carbocycles. The molecule has 0 fully saturated rings. The van der Waals surface area contributed by atoms with E-state index in [1.807, 2.05) is 0 Å². The third-order valence-corrected chi connectivity index (χ3v) is 2.99. The standard InChI is InChI=1S/C16H18F2O/c1-16(2,3)7-8-19-15-6-4-5-11-9-13(17)14(18)10-12(11)15/h4-6,9-10H,7-8H2,1-3H3. The zero-order valence-corrected chi connectivity index (χ0v) is 11.5. The fraction of sp³-hybridized carbons (Fsp3) is 0.375. The van der Waals surface area contributed by atoms with Crippen molar-refractivity contribution in [1.82, 2.24) is 0 Å². The minimum Gasteiger partial charge on any atom is -0.493 e. The third-order valence-electron chi connectivity index (χ3n) is 2.99. The van der Waals surface area contributed by atoms with Gasteiger partial charge in [-0.25, -0.2) is 8.78 Å². The van der Waals surface area contributed by atoms with E-state index >= 15 is 0 Å². The number of benzene rings is 2. The van der Waals surface area contributed by atoms with E-state index in [9.17, 15) is 8.78 Å². The molecular formula is C16H18F2O. The van der Waals surface area contributed by atoms with Crippen molar-refractivity contribution in [1.29, 1.82) is 0 Å². The van der Waals surface area contributed by atoms with Crippen LogP contribution in [0.25, 0.3) is 10.8 Å². The summed E-state index contributed by atoms with van der Waals surface area (Å²) in [5, 5.41) is 1.25. The summed E-state index contributed by atoms with van der Waals surface area (Å²) in [5.74, 6) is -1.08. The molecule has 0 amide bonds. The number of fused-ring (bicyclic) bond motifs is 1. The molecule has 0 saturated carbocycles. The lowest BCUT2D eigenvalue weighted by Crippen LogP contribution is -2.11. The topological polar surface area (TPSA) is 9.23 Å². The maximum Gasteiger partial charge on any atom is 0.159 e. The Kier molecular flexibility index (Phi) is 3.74. The van der Waals surface area contributed by atoms with E-state index in [1.54, 1.807) is 18.2 Å². The molecule has 19 heavy (non-hydrogen) atoms. The number of hydrogen-bond acceptors (Lipinski definition) is 1. The highest BCUT2D eigenvalue weighted by atomic mass is 19.2. The molecule has 0 aliphatic heterocycles. The summed E-state index contributed by atoms with van der Waals surface area (Å²) in [6.45, 7) is 6.96. The van der Waals surface area contributed by atoms with Crippen LogP contribution in [0.3, 0.4) is 0 Å². The Morgan fingerprint density at radius 2 is 1.74 bits per heavy atom. The second kappa shape index (κ2) is 5.16. The first kappa shape index (κ1) is 13.8. The molecule has 0 unspecified atom stereocenters. The smallest absolute Gasteiger partial charge is 0.159 e. The first-order valence-corrected chi connectivity index (χ1v) is 6.37. The van der Waals surface area contributed by atoms with Crippen LogP contribution in [0.15, 0.2) is 30.3 Å². The van der Waals surface area contributed by atoms with Crippen LogP contribution in [0.2, 0.25) is 0 Å². The first-order chi connectivity index (χ1) is 8.87.